The van der Waals surface area contributed by atoms with Crippen LogP contribution in [0.5, 0.6) is 11.5 Å². The minimum atomic E-state index is -0.296. The largest absolute Gasteiger partial charge is 0.493 e. The summed E-state index contributed by atoms with van der Waals surface area (Å²) in [5, 5.41) is 11.0. The van der Waals surface area contributed by atoms with Crippen LogP contribution in [0.4, 0.5) is 4.39 Å². The maximum absolute atomic E-state index is 13.0. The van der Waals surface area contributed by atoms with E-state index in [0.29, 0.717) is 28.0 Å². The molecule has 1 heterocycles. The van der Waals surface area contributed by atoms with Crippen molar-refractivity contribution in [2.45, 2.75) is 6.61 Å². The molecular weight excluding hydrogens is 357 g/mol. The number of thioether (sulfide) groups is 1. The number of halogens is 1. The van der Waals surface area contributed by atoms with Gasteiger partial charge in [0.1, 0.15) is 12.4 Å². The van der Waals surface area contributed by atoms with Crippen molar-refractivity contribution < 1.29 is 18.7 Å². The Balaban J connectivity index is 1.77. The topological polar surface area (TPSA) is 72.3 Å². The van der Waals surface area contributed by atoms with E-state index in [1.165, 1.54) is 30.1 Å². The van der Waals surface area contributed by atoms with Crippen molar-refractivity contribution in [3.63, 3.8) is 0 Å². The highest BCUT2D eigenvalue weighted by molar-refractivity contribution is 8.15. The van der Waals surface area contributed by atoms with Gasteiger partial charge in [-0.2, -0.15) is 5.10 Å². The van der Waals surface area contributed by atoms with Crippen LogP contribution in [0.3, 0.4) is 0 Å². The summed E-state index contributed by atoms with van der Waals surface area (Å²) in [6.45, 7) is 0.252. The van der Waals surface area contributed by atoms with Gasteiger partial charge in [-0.1, -0.05) is 30.0 Å². The fraction of sp³-hybridized carbons (Fsp3) is 0.167. The highest BCUT2D eigenvalue weighted by Gasteiger charge is 2.16. The van der Waals surface area contributed by atoms with Crippen LogP contribution in [-0.4, -0.2) is 30.2 Å². The molecule has 8 heteroatoms. The fourth-order valence-corrected chi connectivity index (χ4v) is 2.84. The van der Waals surface area contributed by atoms with Crippen LogP contribution in [0.1, 0.15) is 11.1 Å². The van der Waals surface area contributed by atoms with E-state index >= 15 is 0 Å². The smallest absolute Gasteiger partial charge is 0.236 e. The first-order chi connectivity index (χ1) is 12.7. The average molecular weight is 373 g/mol. The Bertz CT molecular complexity index is 853. The summed E-state index contributed by atoms with van der Waals surface area (Å²) in [6, 6.07) is 11.5. The van der Waals surface area contributed by atoms with E-state index in [9.17, 15) is 9.18 Å². The molecule has 0 saturated carbocycles. The van der Waals surface area contributed by atoms with E-state index in [2.05, 4.69) is 15.5 Å². The van der Waals surface area contributed by atoms with Crippen molar-refractivity contribution in [2.24, 2.45) is 10.2 Å². The monoisotopic (exact) mass is 373 g/mol. The third kappa shape index (κ3) is 4.60. The molecule has 2 aromatic carbocycles. The number of hydrogen-bond acceptors (Lipinski definition) is 6. The molecule has 1 saturated heterocycles. The van der Waals surface area contributed by atoms with Crippen molar-refractivity contribution in [3.8, 4) is 11.5 Å². The van der Waals surface area contributed by atoms with Crippen LogP contribution < -0.4 is 14.8 Å². The van der Waals surface area contributed by atoms with Crippen LogP contribution in [0, 0.1) is 5.82 Å². The number of benzene rings is 2. The van der Waals surface area contributed by atoms with E-state index in [0.717, 1.165) is 5.56 Å². The van der Waals surface area contributed by atoms with Crippen molar-refractivity contribution in [3.05, 3.63) is 59.4 Å². The molecule has 0 atom stereocenters. The van der Waals surface area contributed by atoms with Gasteiger partial charge in [0.25, 0.3) is 0 Å². The molecule has 0 radical (unpaired) electrons. The van der Waals surface area contributed by atoms with Gasteiger partial charge < -0.3 is 14.8 Å². The predicted molar refractivity (Wildman–Crippen MR) is 99.4 cm³/mol. The lowest BCUT2D eigenvalue weighted by molar-refractivity contribution is -0.116. The lowest BCUT2D eigenvalue weighted by Gasteiger charge is -2.13. The summed E-state index contributed by atoms with van der Waals surface area (Å²) in [6.07, 6.45) is 1.53. The van der Waals surface area contributed by atoms with Gasteiger partial charge in [-0.15, -0.1) is 5.10 Å². The molecular formula is C18H16FN3O3S. The Morgan fingerprint density at radius 2 is 2.08 bits per heavy atom. The summed E-state index contributed by atoms with van der Waals surface area (Å²) >= 11 is 1.30. The van der Waals surface area contributed by atoms with Crippen LogP contribution in [-0.2, 0) is 11.4 Å². The van der Waals surface area contributed by atoms with Gasteiger partial charge in [0, 0.05) is 5.56 Å². The first-order valence-corrected chi connectivity index (χ1v) is 8.72. The Labute approximate surface area is 154 Å². The molecule has 6 nitrogen and oxygen atoms in total. The number of ether oxygens (including phenoxy) is 2. The van der Waals surface area contributed by atoms with Crippen LogP contribution in [0.25, 0.3) is 0 Å². The molecule has 0 spiro atoms. The molecule has 1 aliphatic heterocycles. The van der Waals surface area contributed by atoms with E-state index in [4.69, 9.17) is 9.47 Å². The molecule has 0 bridgehead atoms. The number of para-hydroxylation sites is 1. The van der Waals surface area contributed by atoms with Gasteiger partial charge in [-0.3, -0.25) is 4.79 Å². The predicted octanol–water partition coefficient (Wildman–Crippen LogP) is 2.97. The van der Waals surface area contributed by atoms with Crippen LogP contribution >= 0.6 is 11.8 Å². The van der Waals surface area contributed by atoms with Crippen LogP contribution in [0.15, 0.2) is 52.7 Å². The second-order valence-electron chi connectivity index (χ2n) is 5.28. The second-order valence-corrected chi connectivity index (χ2v) is 6.24. The zero-order valence-corrected chi connectivity index (χ0v) is 14.8. The Morgan fingerprint density at radius 1 is 1.27 bits per heavy atom. The second kappa shape index (κ2) is 8.48. The first kappa shape index (κ1) is 17.9. The lowest BCUT2D eigenvalue weighted by Crippen LogP contribution is -2.19. The molecule has 1 aliphatic rings. The molecule has 3 rings (SSSR count). The summed E-state index contributed by atoms with van der Waals surface area (Å²) in [5.74, 6) is 1.02. The minimum absolute atomic E-state index is 0.0892. The molecule has 0 unspecified atom stereocenters. The zero-order chi connectivity index (χ0) is 18.4. The van der Waals surface area contributed by atoms with Crippen molar-refractivity contribution in [1.82, 2.24) is 5.32 Å². The van der Waals surface area contributed by atoms with Crippen molar-refractivity contribution in [2.75, 3.05) is 12.9 Å². The third-order valence-corrected chi connectivity index (χ3v) is 4.32. The molecule has 1 amide bonds. The van der Waals surface area contributed by atoms with Gasteiger partial charge >= 0.3 is 0 Å². The summed E-state index contributed by atoms with van der Waals surface area (Å²) in [5.41, 5.74) is 1.50. The number of amidine groups is 1. The first-order valence-electron chi connectivity index (χ1n) is 7.73. The lowest BCUT2D eigenvalue weighted by atomic mass is 10.2. The molecule has 1 N–H and O–H groups in total. The maximum Gasteiger partial charge on any atom is 0.236 e. The minimum Gasteiger partial charge on any atom is -0.493 e. The molecule has 134 valence electrons. The molecule has 26 heavy (non-hydrogen) atoms. The van der Waals surface area contributed by atoms with E-state index < -0.39 is 0 Å². The summed E-state index contributed by atoms with van der Waals surface area (Å²) in [4.78, 5) is 11.1. The molecule has 0 aliphatic carbocycles. The van der Waals surface area contributed by atoms with Gasteiger partial charge in [-0.25, -0.2) is 4.39 Å². The number of carbonyl (C=O) groups excluding carboxylic acids is 1. The number of carbonyl (C=O) groups is 1. The van der Waals surface area contributed by atoms with E-state index in [-0.39, 0.29) is 18.3 Å². The quantitative estimate of drug-likeness (QED) is 0.624. The van der Waals surface area contributed by atoms with Crippen LogP contribution in [0.2, 0.25) is 0 Å². The number of nitrogens with one attached hydrogen (secondary N) is 1. The Kier molecular flexibility index (Phi) is 5.85. The van der Waals surface area contributed by atoms with E-state index in [1.807, 2.05) is 12.1 Å². The van der Waals surface area contributed by atoms with Crippen molar-refractivity contribution in [1.29, 1.82) is 0 Å². The Hall–Kier alpha value is -2.87. The highest BCUT2D eigenvalue weighted by Crippen LogP contribution is 2.31. The number of nitrogens with zero attached hydrogens (tertiary/aromatic N) is 2. The van der Waals surface area contributed by atoms with Crippen molar-refractivity contribution >= 4 is 29.1 Å². The number of methoxy groups -OCH3 is 1. The standard InChI is InChI=1S/C18H16FN3O3S/c1-24-15-4-2-3-13(9-20-22-18-21-16(23)11-26-18)17(15)25-10-12-5-7-14(19)8-6-12/h2-9H,10-11H2,1H3,(H,21,22,23). The highest BCUT2D eigenvalue weighted by atomic mass is 32.2. The average Bonchev–Trinajstić information content (AvgIpc) is 3.07. The number of hydrogen-bond donors (Lipinski definition) is 1. The fourth-order valence-electron chi connectivity index (χ4n) is 2.21. The molecule has 1 fully saturated rings. The number of rotatable bonds is 6. The zero-order valence-electron chi connectivity index (χ0n) is 13.9. The normalized spacial score (nSPS) is 15.5. The van der Waals surface area contributed by atoms with Gasteiger partial charge in [0.2, 0.25) is 5.91 Å². The van der Waals surface area contributed by atoms with E-state index in [1.54, 1.807) is 25.3 Å². The van der Waals surface area contributed by atoms with Gasteiger partial charge in [0.05, 0.1) is 19.1 Å². The van der Waals surface area contributed by atoms with Gasteiger partial charge in [-0.05, 0) is 29.8 Å². The summed E-state index contributed by atoms with van der Waals surface area (Å²) in [7, 11) is 1.55. The summed E-state index contributed by atoms with van der Waals surface area (Å²) < 4.78 is 24.2. The number of amides is 1. The third-order valence-electron chi connectivity index (χ3n) is 3.46. The van der Waals surface area contributed by atoms with Gasteiger partial charge in [0.15, 0.2) is 16.7 Å². The SMILES string of the molecule is COc1cccc(C=NN=C2NC(=O)CS2)c1OCc1ccc(F)cc1. The Morgan fingerprint density at radius 3 is 2.77 bits per heavy atom. The molecule has 0 aromatic heterocycles. The molecule has 2 aromatic rings. The maximum atomic E-state index is 13.0.